The van der Waals surface area contributed by atoms with Crippen LogP contribution in [0.4, 0.5) is 4.39 Å². The van der Waals surface area contributed by atoms with Crippen molar-refractivity contribution in [1.82, 2.24) is 9.55 Å². The van der Waals surface area contributed by atoms with Crippen LogP contribution in [0.15, 0.2) is 36.4 Å². The van der Waals surface area contributed by atoms with Gasteiger partial charge in [0.15, 0.2) is 0 Å². The smallest absolute Gasteiger partial charge is 0.138 e. The number of para-hydroxylation sites is 1. The first-order valence-electron chi connectivity index (χ1n) is 6.29. The van der Waals surface area contributed by atoms with Crippen LogP contribution in [0.3, 0.4) is 0 Å². The van der Waals surface area contributed by atoms with Gasteiger partial charge in [0.2, 0.25) is 0 Å². The molecule has 2 nitrogen and oxygen atoms in total. The highest BCUT2D eigenvalue weighted by Gasteiger charge is 2.16. The zero-order valence-corrected chi connectivity index (χ0v) is 15.9. The molecule has 1 aromatic heterocycles. The maximum absolute atomic E-state index is 14.0. The van der Waals surface area contributed by atoms with Crippen LogP contribution in [-0.4, -0.2) is 15.4 Å². The second-order valence-corrected chi connectivity index (χ2v) is 7.21. The third kappa shape index (κ3) is 2.92. The summed E-state index contributed by atoms with van der Waals surface area (Å²) in [4.78, 5) is 4.63. The standard InChI is InChI=1S/C15H10ClFI2N2/c16-6-5-15-20-12-8-11(19)9(17)7-14(12)21(15)13-4-2-1-3-10(13)18/h1-4,7-8H,5-6H2. The van der Waals surface area contributed by atoms with Gasteiger partial charge in [-0.15, -0.1) is 11.6 Å². The number of alkyl halides is 1. The van der Waals surface area contributed by atoms with Crippen LogP contribution in [0.2, 0.25) is 0 Å². The Labute approximate surface area is 154 Å². The summed E-state index contributed by atoms with van der Waals surface area (Å²) in [5.41, 5.74) is 2.57. The van der Waals surface area contributed by atoms with E-state index < -0.39 is 0 Å². The van der Waals surface area contributed by atoms with E-state index in [1.807, 2.05) is 51.4 Å². The van der Waals surface area contributed by atoms with Crippen molar-refractivity contribution in [2.75, 3.05) is 5.88 Å². The summed E-state index contributed by atoms with van der Waals surface area (Å²) in [5.74, 6) is 1.10. The number of aromatic nitrogens is 2. The second-order valence-electron chi connectivity index (χ2n) is 4.51. The maximum atomic E-state index is 14.0. The lowest BCUT2D eigenvalue weighted by atomic mass is 10.2. The maximum Gasteiger partial charge on any atom is 0.138 e. The molecule has 2 aromatic carbocycles. The molecule has 108 valence electrons. The highest BCUT2D eigenvalue weighted by molar-refractivity contribution is 14.1. The molecule has 0 fully saturated rings. The van der Waals surface area contributed by atoms with Gasteiger partial charge in [0.05, 0.1) is 20.3 Å². The summed E-state index contributed by atoms with van der Waals surface area (Å²) >= 11 is 10.2. The SMILES string of the molecule is Fc1cc2c(cc1I)nc(CCCl)n2-c1ccccc1I. The van der Waals surface area contributed by atoms with Gasteiger partial charge in [-0.05, 0) is 63.4 Å². The Morgan fingerprint density at radius 1 is 1.14 bits per heavy atom. The van der Waals surface area contributed by atoms with Gasteiger partial charge in [0.25, 0.3) is 0 Å². The van der Waals surface area contributed by atoms with E-state index >= 15 is 0 Å². The number of aryl methyl sites for hydroxylation is 1. The number of hydrogen-bond acceptors (Lipinski definition) is 1. The second kappa shape index (κ2) is 6.37. The van der Waals surface area contributed by atoms with Crippen LogP contribution in [-0.2, 0) is 6.42 Å². The number of imidazole rings is 1. The third-order valence-corrected chi connectivity index (χ3v) is 5.11. The fraction of sp³-hybridized carbons (Fsp3) is 0.133. The van der Waals surface area contributed by atoms with E-state index in [-0.39, 0.29) is 5.82 Å². The Hall–Kier alpha value is -0.410. The summed E-state index contributed by atoms with van der Waals surface area (Å²) in [6.45, 7) is 0. The fourth-order valence-corrected chi connectivity index (χ4v) is 3.52. The molecule has 3 aromatic rings. The van der Waals surface area contributed by atoms with Crippen molar-refractivity contribution in [2.45, 2.75) is 6.42 Å². The molecule has 0 spiro atoms. The van der Waals surface area contributed by atoms with Crippen molar-refractivity contribution < 1.29 is 4.39 Å². The van der Waals surface area contributed by atoms with E-state index in [4.69, 9.17) is 11.6 Å². The predicted octanol–water partition coefficient (Wildman–Crippen LogP) is 5.16. The van der Waals surface area contributed by atoms with E-state index in [1.54, 1.807) is 12.1 Å². The zero-order valence-electron chi connectivity index (χ0n) is 10.8. The van der Waals surface area contributed by atoms with Gasteiger partial charge in [-0.25, -0.2) is 9.37 Å². The summed E-state index contributed by atoms with van der Waals surface area (Å²) < 4.78 is 17.6. The Balaban J connectivity index is 2.35. The highest BCUT2D eigenvalue weighted by atomic mass is 127. The van der Waals surface area contributed by atoms with Crippen LogP contribution < -0.4 is 0 Å². The molecule has 3 rings (SSSR count). The molecule has 0 aliphatic carbocycles. The fourth-order valence-electron chi connectivity index (χ4n) is 2.28. The van der Waals surface area contributed by atoms with E-state index in [0.717, 1.165) is 26.1 Å². The van der Waals surface area contributed by atoms with Crippen molar-refractivity contribution in [3.8, 4) is 5.69 Å². The van der Waals surface area contributed by atoms with Crippen molar-refractivity contribution in [1.29, 1.82) is 0 Å². The predicted molar refractivity (Wildman–Crippen MR) is 101 cm³/mol. The molecule has 0 radical (unpaired) electrons. The molecule has 0 saturated carbocycles. The van der Waals surface area contributed by atoms with Gasteiger partial charge >= 0.3 is 0 Å². The minimum absolute atomic E-state index is 0.229. The quantitative estimate of drug-likeness (QED) is 0.341. The molecule has 0 atom stereocenters. The molecule has 1 heterocycles. The molecule has 0 saturated heterocycles. The number of nitrogens with zero attached hydrogens (tertiary/aromatic N) is 2. The minimum atomic E-state index is -0.229. The van der Waals surface area contributed by atoms with Gasteiger partial charge in [0, 0.05) is 21.9 Å². The van der Waals surface area contributed by atoms with Crippen molar-refractivity contribution >= 4 is 67.8 Å². The van der Waals surface area contributed by atoms with Crippen molar-refractivity contribution in [3.05, 3.63) is 55.2 Å². The highest BCUT2D eigenvalue weighted by Crippen LogP contribution is 2.27. The first-order valence-corrected chi connectivity index (χ1v) is 8.98. The molecule has 0 bridgehead atoms. The third-order valence-electron chi connectivity index (χ3n) is 3.18. The molecule has 0 unspecified atom stereocenters. The Bertz CT molecular complexity index is 817. The minimum Gasteiger partial charge on any atom is -0.295 e. The monoisotopic (exact) mass is 526 g/mol. The molecule has 0 aliphatic rings. The lowest BCUT2D eigenvalue weighted by Crippen LogP contribution is -2.04. The lowest BCUT2D eigenvalue weighted by Gasteiger charge is -2.10. The van der Waals surface area contributed by atoms with E-state index in [2.05, 4.69) is 27.6 Å². The summed E-state index contributed by atoms with van der Waals surface area (Å²) in [7, 11) is 0. The molecule has 6 heteroatoms. The molecule has 0 amide bonds. The van der Waals surface area contributed by atoms with Crippen LogP contribution >= 0.6 is 56.8 Å². The number of benzene rings is 2. The number of hydrogen-bond donors (Lipinski definition) is 0. The summed E-state index contributed by atoms with van der Waals surface area (Å²) in [5, 5.41) is 0. The van der Waals surface area contributed by atoms with Crippen molar-refractivity contribution in [3.63, 3.8) is 0 Å². The van der Waals surface area contributed by atoms with E-state index in [0.29, 0.717) is 15.9 Å². The van der Waals surface area contributed by atoms with E-state index in [9.17, 15) is 4.39 Å². The van der Waals surface area contributed by atoms with Gasteiger partial charge in [-0.3, -0.25) is 4.57 Å². The lowest BCUT2D eigenvalue weighted by molar-refractivity contribution is 0.621. The van der Waals surface area contributed by atoms with Gasteiger partial charge in [-0.2, -0.15) is 0 Å². The molecule has 0 aliphatic heterocycles. The normalized spacial score (nSPS) is 11.2. The van der Waals surface area contributed by atoms with Crippen LogP contribution in [0.5, 0.6) is 0 Å². The number of halogens is 4. The first-order chi connectivity index (χ1) is 10.1. The average molecular weight is 527 g/mol. The number of rotatable bonds is 3. The first kappa shape index (κ1) is 15.5. The van der Waals surface area contributed by atoms with Crippen LogP contribution in [0, 0.1) is 13.0 Å². The van der Waals surface area contributed by atoms with Gasteiger partial charge < -0.3 is 0 Å². The average Bonchev–Trinajstić information content (AvgIpc) is 2.78. The molecular weight excluding hydrogens is 516 g/mol. The summed E-state index contributed by atoms with van der Waals surface area (Å²) in [6.07, 6.45) is 0.638. The Kier molecular flexibility index (Phi) is 4.70. The number of fused-ring (bicyclic) bond motifs is 1. The topological polar surface area (TPSA) is 17.8 Å². The van der Waals surface area contributed by atoms with Gasteiger partial charge in [0.1, 0.15) is 11.6 Å². The Morgan fingerprint density at radius 3 is 2.62 bits per heavy atom. The summed E-state index contributed by atoms with van der Waals surface area (Å²) in [6, 6.07) is 11.3. The van der Waals surface area contributed by atoms with Crippen LogP contribution in [0.25, 0.3) is 16.7 Å². The molecule has 21 heavy (non-hydrogen) atoms. The Morgan fingerprint density at radius 2 is 1.90 bits per heavy atom. The molecule has 0 N–H and O–H groups in total. The van der Waals surface area contributed by atoms with Gasteiger partial charge in [-0.1, -0.05) is 12.1 Å². The van der Waals surface area contributed by atoms with Crippen molar-refractivity contribution in [2.24, 2.45) is 0 Å². The zero-order chi connectivity index (χ0) is 15.0. The van der Waals surface area contributed by atoms with E-state index in [1.165, 1.54) is 0 Å². The largest absolute Gasteiger partial charge is 0.295 e. The molecular formula is C15H10ClFI2N2. The van der Waals surface area contributed by atoms with Crippen LogP contribution in [0.1, 0.15) is 5.82 Å².